The summed E-state index contributed by atoms with van der Waals surface area (Å²) in [5.41, 5.74) is 0.248. The Hall–Kier alpha value is -0.260. The van der Waals surface area contributed by atoms with E-state index in [0.717, 1.165) is 45.4 Å². The molecule has 0 radical (unpaired) electrons. The SMILES string of the molecule is CC.CC.CC(C)(C)N1CCN(S(C)(=O)=O)C(C)(C)C1.CN1CCOCC12CCC2.CS(C)(=O)=O. The number of rotatable bonds is 1. The maximum absolute atomic E-state index is 11.7. The zero-order valence-electron chi connectivity index (χ0n) is 25.1. The normalized spacial score (nSPS) is 22.4. The van der Waals surface area contributed by atoms with Crippen LogP contribution in [0.25, 0.3) is 0 Å². The molecule has 0 bridgehead atoms. The van der Waals surface area contributed by atoms with Gasteiger partial charge in [-0.25, -0.2) is 16.8 Å². The van der Waals surface area contributed by atoms with Crippen molar-refractivity contribution in [2.75, 3.05) is 65.2 Å². The highest BCUT2D eigenvalue weighted by Gasteiger charge is 2.43. The third kappa shape index (κ3) is 13.7. The van der Waals surface area contributed by atoms with E-state index in [-0.39, 0.29) is 11.1 Å². The van der Waals surface area contributed by atoms with Gasteiger partial charge in [-0.3, -0.25) is 9.80 Å². The van der Waals surface area contributed by atoms with Crippen molar-refractivity contribution < 1.29 is 21.6 Å². The van der Waals surface area contributed by atoms with Crippen molar-refractivity contribution in [1.82, 2.24) is 14.1 Å². The van der Waals surface area contributed by atoms with Crippen LogP contribution < -0.4 is 0 Å². The van der Waals surface area contributed by atoms with E-state index >= 15 is 0 Å². The van der Waals surface area contributed by atoms with Crippen molar-refractivity contribution in [3.8, 4) is 0 Å². The van der Waals surface area contributed by atoms with Crippen LogP contribution in [-0.4, -0.2) is 113 Å². The molecule has 1 saturated carbocycles. The van der Waals surface area contributed by atoms with Gasteiger partial charge in [-0.2, -0.15) is 4.31 Å². The quantitative estimate of drug-likeness (QED) is 0.498. The minimum atomic E-state index is -3.10. The summed E-state index contributed by atoms with van der Waals surface area (Å²) < 4.78 is 49.7. The van der Waals surface area contributed by atoms with Crippen molar-refractivity contribution in [3.05, 3.63) is 0 Å². The molecule has 2 aliphatic heterocycles. The van der Waals surface area contributed by atoms with Gasteiger partial charge in [0.2, 0.25) is 10.0 Å². The highest BCUT2D eigenvalue weighted by molar-refractivity contribution is 7.90. The lowest BCUT2D eigenvalue weighted by molar-refractivity contribution is -0.0941. The van der Waals surface area contributed by atoms with Crippen LogP contribution in [0.1, 0.15) is 81.6 Å². The summed E-state index contributed by atoms with van der Waals surface area (Å²) in [6.45, 7) is 23.7. The summed E-state index contributed by atoms with van der Waals surface area (Å²) in [5.74, 6) is 0. The predicted molar refractivity (Wildman–Crippen MR) is 150 cm³/mol. The molecule has 0 aromatic carbocycles. The molecule has 0 N–H and O–H groups in total. The summed E-state index contributed by atoms with van der Waals surface area (Å²) in [7, 11) is -3.54. The lowest BCUT2D eigenvalue weighted by Gasteiger charge is -2.51. The minimum Gasteiger partial charge on any atom is -0.378 e. The molecular weight excluding hydrogens is 486 g/mol. The summed E-state index contributed by atoms with van der Waals surface area (Å²) in [6.07, 6.45) is 7.71. The average molecular weight is 544 g/mol. The number of nitrogens with zero attached hydrogens (tertiary/aromatic N) is 3. The number of hydrogen-bond acceptors (Lipinski definition) is 7. The zero-order valence-corrected chi connectivity index (χ0v) is 26.7. The van der Waals surface area contributed by atoms with E-state index in [1.54, 1.807) is 4.31 Å². The van der Waals surface area contributed by atoms with Crippen LogP contribution in [0.2, 0.25) is 0 Å². The Bertz CT molecular complexity index is 778. The van der Waals surface area contributed by atoms with Gasteiger partial charge >= 0.3 is 0 Å². The number of piperazine rings is 1. The first-order chi connectivity index (χ1) is 15.8. The highest BCUT2D eigenvalue weighted by Crippen LogP contribution is 2.38. The van der Waals surface area contributed by atoms with Crippen LogP contribution in [-0.2, 0) is 24.6 Å². The first-order valence-electron chi connectivity index (χ1n) is 12.9. The fourth-order valence-corrected chi connectivity index (χ4v) is 5.62. The van der Waals surface area contributed by atoms with Crippen LogP contribution in [0, 0.1) is 0 Å². The number of hydrogen-bond donors (Lipinski definition) is 0. The van der Waals surface area contributed by atoms with Crippen molar-refractivity contribution in [3.63, 3.8) is 0 Å². The first-order valence-corrected chi connectivity index (χ1v) is 17.1. The number of likely N-dealkylation sites (N-methyl/N-ethyl adjacent to an activating group) is 1. The smallest absolute Gasteiger partial charge is 0.211 e. The second-order valence-electron chi connectivity index (χ2n) is 10.9. The molecule has 2 heterocycles. The van der Waals surface area contributed by atoms with Crippen LogP contribution in [0.3, 0.4) is 0 Å². The second-order valence-corrected chi connectivity index (χ2v) is 15.1. The molecular formula is C25H57N3O5S2. The van der Waals surface area contributed by atoms with Gasteiger partial charge in [0.15, 0.2) is 0 Å². The molecule has 0 amide bonds. The number of ether oxygens (including phenoxy) is 1. The molecule has 3 rings (SSSR count). The van der Waals surface area contributed by atoms with Gasteiger partial charge in [0.1, 0.15) is 9.84 Å². The number of morpholine rings is 1. The predicted octanol–water partition coefficient (Wildman–Crippen LogP) is 3.73. The molecule has 10 heteroatoms. The molecule has 35 heavy (non-hydrogen) atoms. The Labute approximate surface area is 218 Å². The molecule has 0 unspecified atom stereocenters. The Morgan fingerprint density at radius 1 is 0.829 bits per heavy atom. The molecule has 0 atom stereocenters. The van der Waals surface area contributed by atoms with Crippen LogP contribution in [0.15, 0.2) is 0 Å². The van der Waals surface area contributed by atoms with Crippen LogP contribution >= 0.6 is 0 Å². The van der Waals surface area contributed by atoms with Gasteiger partial charge < -0.3 is 4.74 Å². The van der Waals surface area contributed by atoms with Gasteiger partial charge in [-0.05, 0) is 60.9 Å². The third-order valence-electron chi connectivity index (χ3n) is 6.21. The maximum Gasteiger partial charge on any atom is 0.211 e. The minimum absolute atomic E-state index is 0.0981. The molecule has 214 valence electrons. The lowest BCUT2D eigenvalue weighted by Crippen LogP contribution is -2.64. The Balaban J connectivity index is 0. The van der Waals surface area contributed by atoms with E-state index < -0.39 is 19.9 Å². The summed E-state index contributed by atoms with van der Waals surface area (Å²) in [5, 5.41) is 0. The summed E-state index contributed by atoms with van der Waals surface area (Å²) in [6, 6.07) is 0. The van der Waals surface area contributed by atoms with E-state index in [2.05, 4.69) is 37.6 Å². The van der Waals surface area contributed by atoms with E-state index in [0.29, 0.717) is 12.1 Å². The molecule has 0 aromatic heterocycles. The Morgan fingerprint density at radius 2 is 1.29 bits per heavy atom. The maximum atomic E-state index is 11.7. The molecule has 1 aliphatic carbocycles. The largest absolute Gasteiger partial charge is 0.378 e. The van der Waals surface area contributed by atoms with Gasteiger partial charge in [-0.15, -0.1) is 0 Å². The van der Waals surface area contributed by atoms with E-state index in [4.69, 9.17) is 4.74 Å². The molecule has 0 aromatic rings. The Morgan fingerprint density at radius 3 is 1.54 bits per heavy atom. The van der Waals surface area contributed by atoms with Gasteiger partial charge in [-0.1, -0.05) is 27.7 Å². The molecule has 8 nitrogen and oxygen atoms in total. The van der Waals surface area contributed by atoms with E-state index in [1.165, 1.54) is 25.5 Å². The van der Waals surface area contributed by atoms with Crippen LogP contribution in [0.4, 0.5) is 0 Å². The third-order valence-corrected chi connectivity index (χ3v) is 7.69. The number of sulfone groups is 1. The van der Waals surface area contributed by atoms with Gasteiger partial charge in [0.05, 0.1) is 19.5 Å². The molecule has 3 aliphatic rings. The fraction of sp³-hybridized carbons (Fsp3) is 1.00. The van der Waals surface area contributed by atoms with E-state index in [9.17, 15) is 16.8 Å². The second kappa shape index (κ2) is 15.2. The highest BCUT2D eigenvalue weighted by atomic mass is 32.2. The van der Waals surface area contributed by atoms with Crippen molar-refractivity contribution in [2.24, 2.45) is 0 Å². The van der Waals surface area contributed by atoms with Gasteiger partial charge in [0, 0.05) is 55.3 Å². The average Bonchev–Trinajstić information content (AvgIpc) is 2.67. The molecule has 2 saturated heterocycles. The molecule has 1 spiro atoms. The van der Waals surface area contributed by atoms with Gasteiger partial charge in [0.25, 0.3) is 0 Å². The fourth-order valence-electron chi connectivity index (χ4n) is 4.25. The standard InChI is InChI=1S/C11H24N2O2S.C8H15NO.C2H6O2S.2C2H6/c1-10(2,3)12-7-8-13(16(6,14)15)11(4,5)9-12;1-9-5-6-10-7-8(9)3-2-4-8;1-5(2,3)4;2*1-2/h7-9H2,1-6H3;2-7H2,1H3;1-2H3;2*1-2H3. The van der Waals surface area contributed by atoms with Crippen LogP contribution in [0.5, 0.6) is 0 Å². The van der Waals surface area contributed by atoms with Crippen molar-refractivity contribution >= 4 is 19.9 Å². The summed E-state index contributed by atoms with van der Waals surface area (Å²) in [4.78, 5) is 4.81. The zero-order chi connectivity index (χ0) is 28.3. The topological polar surface area (TPSA) is 87.2 Å². The van der Waals surface area contributed by atoms with Crippen molar-refractivity contribution in [1.29, 1.82) is 0 Å². The van der Waals surface area contributed by atoms with Crippen molar-refractivity contribution in [2.45, 2.75) is 98.2 Å². The monoisotopic (exact) mass is 543 g/mol. The lowest BCUT2D eigenvalue weighted by atomic mass is 9.75. The molecule has 3 fully saturated rings. The van der Waals surface area contributed by atoms with E-state index in [1.807, 2.05) is 41.5 Å². The Kier molecular flexibility index (Phi) is 16.0. The number of sulfonamides is 1. The first kappa shape index (κ1) is 36.9. The summed E-state index contributed by atoms with van der Waals surface area (Å²) >= 11 is 0.